The molecule has 160 valence electrons. The molecule has 0 bridgehead atoms. The Bertz CT molecular complexity index is 1130. The molecule has 0 saturated carbocycles. The van der Waals surface area contributed by atoms with Gasteiger partial charge in [0.05, 0.1) is 19.4 Å². The number of aryl methyl sites for hydroxylation is 1. The van der Waals surface area contributed by atoms with E-state index in [1.807, 2.05) is 31.2 Å². The van der Waals surface area contributed by atoms with Crippen LogP contribution in [0.5, 0.6) is 0 Å². The van der Waals surface area contributed by atoms with Gasteiger partial charge in [0.2, 0.25) is 17.8 Å². The van der Waals surface area contributed by atoms with Gasteiger partial charge in [-0.15, -0.1) is 10.2 Å². The lowest BCUT2D eigenvalue weighted by molar-refractivity contribution is 0.226. The topological polar surface area (TPSA) is 132 Å². The SMILES string of the molecule is CCCN(Cc1nc(N)nc(Nc2ccccc2C)n1)Cc1nnc(-c2ccco2)o1. The molecule has 3 heterocycles. The van der Waals surface area contributed by atoms with E-state index in [9.17, 15) is 0 Å². The Morgan fingerprint density at radius 1 is 1.03 bits per heavy atom. The van der Waals surface area contributed by atoms with Gasteiger partial charge in [-0.2, -0.15) is 15.0 Å². The van der Waals surface area contributed by atoms with Crippen molar-refractivity contribution in [1.29, 1.82) is 0 Å². The molecule has 0 atom stereocenters. The van der Waals surface area contributed by atoms with Crippen LogP contribution in [0.2, 0.25) is 0 Å². The summed E-state index contributed by atoms with van der Waals surface area (Å²) >= 11 is 0. The number of nitrogens with two attached hydrogens (primary N) is 1. The highest BCUT2D eigenvalue weighted by Gasteiger charge is 2.16. The number of hydrogen-bond acceptors (Lipinski definition) is 10. The molecule has 4 rings (SSSR count). The largest absolute Gasteiger partial charge is 0.459 e. The van der Waals surface area contributed by atoms with Crippen molar-refractivity contribution in [2.24, 2.45) is 0 Å². The number of benzene rings is 1. The summed E-state index contributed by atoms with van der Waals surface area (Å²) in [5.74, 6) is 2.51. The minimum atomic E-state index is 0.162. The van der Waals surface area contributed by atoms with Crippen molar-refractivity contribution in [3.05, 3.63) is 59.9 Å². The number of para-hydroxylation sites is 1. The molecule has 0 aliphatic carbocycles. The van der Waals surface area contributed by atoms with E-state index in [1.54, 1.807) is 18.4 Å². The van der Waals surface area contributed by atoms with E-state index in [2.05, 4.69) is 42.3 Å². The van der Waals surface area contributed by atoms with E-state index in [0.717, 1.165) is 24.2 Å². The summed E-state index contributed by atoms with van der Waals surface area (Å²) in [6.45, 7) is 5.82. The fourth-order valence-electron chi connectivity index (χ4n) is 3.14. The fourth-order valence-corrected chi connectivity index (χ4v) is 3.14. The van der Waals surface area contributed by atoms with Crippen molar-refractivity contribution < 1.29 is 8.83 Å². The number of nitrogen functional groups attached to an aromatic ring is 1. The van der Waals surface area contributed by atoms with Crippen LogP contribution in [0.4, 0.5) is 17.6 Å². The third kappa shape index (κ3) is 5.23. The highest BCUT2D eigenvalue weighted by Crippen LogP contribution is 2.20. The van der Waals surface area contributed by atoms with Gasteiger partial charge < -0.3 is 19.9 Å². The third-order valence-corrected chi connectivity index (χ3v) is 4.55. The smallest absolute Gasteiger partial charge is 0.283 e. The quantitative estimate of drug-likeness (QED) is 0.414. The van der Waals surface area contributed by atoms with Crippen molar-refractivity contribution in [1.82, 2.24) is 30.0 Å². The molecule has 0 spiro atoms. The number of aromatic nitrogens is 5. The predicted molar refractivity (Wildman–Crippen MR) is 115 cm³/mol. The molecular formula is C21H24N8O2. The minimum absolute atomic E-state index is 0.162. The summed E-state index contributed by atoms with van der Waals surface area (Å²) in [6, 6.07) is 11.5. The Morgan fingerprint density at radius 2 is 1.90 bits per heavy atom. The maximum absolute atomic E-state index is 5.94. The van der Waals surface area contributed by atoms with Crippen LogP contribution in [-0.2, 0) is 13.1 Å². The summed E-state index contributed by atoms with van der Waals surface area (Å²) in [4.78, 5) is 15.2. The molecule has 0 amide bonds. The lowest BCUT2D eigenvalue weighted by atomic mass is 10.2. The Hall–Kier alpha value is -3.79. The van der Waals surface area contributed by atoms with Crippen molar-refractivity contribution in [3.8, 4) is 11.7 Å². The fraction of sp³-hybridized carbons (Fsp3) is 0.286. The predicted octanol–water partition coefficient (Wildman–Crippen LogP) is 3.56. The number of hydrogen-bond donors (Lipinski definition) is 2. The van der Waals surface area contributed by atoms with Crippen LogP contribution in [0, 0.1) is 6.92 Å². The van der Waals surface area contributed by atoms with Crippen LogP contribution in [0.15, 0.2) is 51.5 Å². The summed E-state index contributed by atoms with van der Waals surface area (Å²) in [5.41, 5.74) is 7.94. The van der Waals surface area contributed by atoms with Gasteiger partial charge in [-0.1, -0.05) is 25.1 Å². The molecule has 10 heteroatoms. The number of nitrogens with one attached hydrogen (secondary N) is 1. The maximum atomic E-state index is 5.94. The van der Waals surface area contributed by atoms with Gasteiger partial charge in [-0.25, -0.2) is 0 Å². The van der Waals surface area contributed by atoms with Crippen LogP contribution < -0.4 is 11.1 Å². The molecule has 0 radical (unpaired) electrons. The molecule has 0 fully saturated rings. The Balaban J connectivity index is 1.49. The van der Waals surface area contributed by atoms with Gasteiger partial charge in [-0.3, -0.25) is 4.90 Å². The number of furan rings is 1. The molecule has 0 aliphatic rings. The van der Waals surface area contributed by atoms with Gasteiger partial charge in [0, 0.05) is 5.69 Å². The summed E-state index contributed by atoms with van der Waals surface area (Å²) in [6.07, 6.45) is 2.50. The average molecular weight is 420 g/mol. The number of rotatable bonds is 9. The highest BCUT2D eigenvalue weighted by atomic mass is 16.4. The second-order valence-electron chi connectivity index (χ2n) is 7.06. The van der Waals surface area contributed by atoms with Crippen molar-refractivity contribution in [3.63, 3.8) is 0 Å². The Morgan fingerprint density at radius 3 is 2.68 bits per heavy atom. The zero-order chi connectivity index (χ0) is 21.6. The van der Waals surface area contributed by atoms with Crippen molar-refractivity contribution >= 4 is 17.6 Å². The average Bonchev–Trinajstić information content (AvgIpc) is 3.41. The Kier molecular flexibility index (Phi) is 6.18. The van der Waals surface area contributed by atoms with E-state index in [0.29, 0.717) is 42.4 Å². The lowest BCUT2D eigenvalue weighted by Gasteiger charge is -2.19. The number of nitrogens with zero attached hydrogens (tertiary/aromatic N) is 6. The van der Waals surface area contributed by atoms with Crippen LogP contribution >= 0.6 is 0 Å². The van der Waals surface area contributed by atoms with Gasteiger partial charge in [0.25, 0.3) is 5.89 Å². The Labute approximate surface area is 179 Å². The normalized spacial score (nSPS) is 11.2. The van der Waals surface area contributed by atoms with E-state index in [1.165, 1.54) is 0 Å². The molecule has 4 aromatic rings. The molecular weight excluding hydrogens is 396 g/mol. The van der Waals surface area contributed by atoms with Gasteiger partial charge in [0.15, 0.2) is 5.76 Å². The molecule has 31 heavy (non-hydrogen) atoms. The van der Waals surface area contributed by atoms with E-state index in [-0.39, 0.29) is 5.95 Å². The van der Waals surface area contributed by atoms with Crippen LogP contribution in [0.3, 0.4) is 0 Å². The minimum Gasteiger partial charge on any atom is -0.459 e. The summed E-state index contributed by atoms with van der Waals surface area (Å²) < 4.78 is 11.0. The standard InChI is InChI=1S/C21H24N8O2/c1-3-10-29(13-18-27-28-19(31-18)16-9-6-11-30-16)12-17-24-20(22)26-21(25-17)23-15-8-5-4-7-14(15)2/h4-9,11H,3,10,12-13H2,1-2H3,(H3,22,23,24,25,26). The second-order valence-corrected chi connectivity index (χ2v) is 7.06. The first-order valence-corrected chi connectivity index (χ1v) is 10.0. The lowest BCUT2D eigenvalue weighted by Crippen LogP contribution is -2.25. The zero-order valence-electron chi connectivity index (χ0n) is 17.4. The molecule has 0 aliphatic heterocycles. The molecule has 0 saturated heterocycles. The molecule has 3 aromatic heterocycles. The molecule has 10 nitrogen and oxygen atoms in total. The monoisotopic (exact) mass is 420 g/mol. The van der Waals surface area contributed by atoms with Crippen LogP contribution in [-0.4, -0.2) is 36.6 Å². The molecule has 3 N–H and O–H groups in total. The van der Waals surface area contributed by atoms with Crippen molar-refractivity contribution in [2.45, 2.75) is 33.4 Å². The molecule has 0 unspecified atom stereocenters. The van der Waals surface area contributed by atoms with Crippen LogP contribution in [0.1, 0.15) is 30.6 Å². The van der Waals surface area contributed by atoms with E-state index < -0.39 is 0 Å². The second kappa shape index (κ2) is 9.35. The first kappa shape index (κ1) is 20.5. The number of anilines is 3. The third-order valence-electron chi connectivity index (χ3n) is 4.55. The van der Waals surface area contributed by atoms with Gasteiger partial charge in [-0.05, 0) is 43.7 Å². The summed E-state index contributed by atoms with van der Waals surface area (Å²) in [7, 11) is 0. The van der Waals surface area contributed by atoms with Gasteiger partial charge in [0.1, 0.15) is 5.82 Å². The zero-order valence-corrected chi connectivity index (χ0v) is 17.4. The summed E-state index contributed by atoms with van der Waals surface area (Å²) in [5, 5.41) is 11.4. The first-order chi connectivity index (χ1) is 15.1. The van der Waals surface area contributed by atoms with Crippen molar-refractivity contribution in [2.75, 3.05) is 17.6 Å². The highest BCUT2D eigenvalue weighted by molar-refractivity contribution is 5.58. The van der Waals surface area contributed by atoms with E-state index in [4.69, 9.17) is 14.6 Å². The van der Waals surface area contributed by atoms with Gasteiger partial charge >= 0.3 is 0 Å². The molecule has 1 aromatic carbocycles. The maximum Gasteiger partial charge on any atom is 0.283 e. The van der Waals surface area contributed by atoms with E-state index >= 15 is 0 Å². The first-order valence-electron chi connectivity index (χ1n) is 10.0. The van der Waals surface area contributed by atoms with Crippen LogP contribution in [0.25, 0.3) is 11.7 Å².